The highest BCUT2D eigenvalue weighted by Gasteiger charge is 1.99. The minimum absolute atomic E-state index is 1.06. The summed E-state index contributed by atoms with van der Waals surface area (Å²) in [5.74, 6) is 0. The molecule has 0 unspecified atom stereocenters. The fourth-order valence-corrected chi connectivity index (χ4v) is 1.69. The maximum atomic E-state index is 4.19. The Morgan fingerprint density at radius 3 is 3.18 bits per heavy atom. The van der Waals surface area contributed by atoms with Gasteiger partial charge < -0.3 is 4.98 Å². The van der Waals surface area contributed by atoms with E-state index in [1.807, 2.05) is 19.3 Å². The van der Waals surface area contributed by atoms with Gasteiger partial charge in [0.25, 0.3) is 0 Å². The van der Waals surface area contributed by atoms with E-state index in [-0.39, 0.29) is 0 Å². The van der Waals surface area contributed by atoms with Crippen LogP contribution in [0.4, 0.5) is 0 Å². The van der Waals surface area contributed by atoms with E-state index in [9.17, 15) is 0 Å². The van der Waals surface area contributed by atoms with E-state index in [0.29, 0.717) is 0 Å². The number of aromatic amines is 1. The summed E-state index contributed by atoms with van der Waals surface area (Å²) in [5, 5.41) is 1.26. The third kappa shape index (κ3) is 1.13. The fraction of sp³-hybridized carbons (Fsp3) is 0.125. The Hall–Kier alpha value is -0.580. The van der Waals surface area contributed by atoms with Crippen LogP contribution in [-0.4, -0.2) is 9.97 Å². The predicted molar refractivity (Wildman–Crippen MR) is 53.5 cm³/mol. The van der Waals surface area contributed by atoms with Gasteiger partial charge in [-0.05, 0) is 35.6 Å². The molecular weight excluding hydrogens is 251 g/mol. The minimum atomic E-state index is 1.06. The van der Waals surface area contributed by atoms with Crippen molar-refractivity contribution in [2.24, 2.45) is 0 Å². The number of nitrogens with one attached hydrogen (secondary N) is 1. The Balaban J connectivity index is 2.87. The summed E-state index contributed by atoms with van der Waals surface area (Å²) in [4.78, 5) is 7.33. The molecule has 0 bridgehead atoms. The van der Waals surface area contributed by atoms with Crippen LogP contribution in [0.15, 0.2) is 18.5 Å². The van der Waals surface area contributed by atoms with Gasteiger partial charge in [0.15, 0.2) is 0 Å². The van der Waals surface area contributed by atoms with Gasteiger partial charge in [-0.25, -0.2) is 0 Å². The second-order valence-corrected chi connectivity index (χ2v) is 3.67. The number of fused-ring (bicyclic) bond motifs is 1. The third-order valence-electron chi connectivity index (χ3n) is 1.65. The van der Waals surface area contributed by atoms with E-state index in [1.165, 1.54) is 8.96 Å². The molecule has 0 saturated carbocycles. The van der Waals surface area contributed by atoms with Crippen molar-refractivity contribution in [1.29, 1.82) is 0 Å². The molecule has 1 N–H and O–H groups in total. The lowest BCUT2D eigenvalue weighted by atomic mass is 10.3. The molecule has 2 aromatic rings. The molecule has 11 heavy (non-hydrogen) atoms. The van der Waals surface area contributed by atoms with E-state index in [4.69, 9.17) is 0 Å². The zero-order valence-corrected chi connectivity index (χ0v) is 8.21. The topological polar surface area (TPSA) is 28.7 Å². The number of rotatable bonds is 0. The summed E-state index contributed by atoms with van der Waals surface area (Å²) in [6.45, 7) is 2.00. The van der Waals surface area contributed by atoms with Crippen LogP contribution >= 0.6 is 22.6 Å². The van der Waals surface area contributed by atoms with Crippen LogP contribution in [0.1, 0.15) is 5.69 Å². The number of nitrogens with zero attached hydrogens (tertiary/aromatic N) is 1. The van der Waals surface area contributed by atoms with Crippen molar-refractivity contribution >= 4 is 33.5 Å². The normalized spacial score (nSPS) is 10.7. The summed E-state index contributed by atoms with van der Waals surface area (Å²) in [6, 6.07) is 2.09. The Labute approximate surface area is 78.2 Å². The molecule has 0 atom stereocenters. The first-order chi connectivity index (χ1) is 5.27. The molecule has 0 amide bonds. The second-order valence-electron chi connectivity index (χ2n) is 2.51. The van der Waals surface area contributed by atoms with Crippen molar-refractivity contribution in [2.75, 3.05) is 0 Å². The lowest BCUT2D eigenvalue weighted by Crippen LogP contribution is -1.78. The first-order valence-corrected chi connectivity index (χ1v) is 4.44. The quantitative estimate of drug-likeness (QED) is 0.722. The Morgan fingerprint density at radius 1 is 1.55 bits per heavy atom. The van der Waals surface area contributed by atoms with Gasteiger partial charge in [0, 0.05) is 20.8 Å². The minimum Gasteiger partial charge on any atom is -0.359 e. The van der Waals surface area contributed by atoms with E-state index in [2.05, 4.69) is 38.6 Å². The summed E-state index contributed by atoms with van der Waals surface area (Å²) in [5.41, 5.74) is 2.18. The van der Waals surface area contributed by atoms with Crippen LogP contribution in [0.25, 0.3) is 10.9 Å². The molecule has 56 valence electrons. The smallest absolute Gasteiger partial charge is 0.0651 e. The monoisotopic (exact) mass is 258 g/mol. The van der Waals surface area contributed by atoms with Gasteiger partial charge in [-0.3, -0.25) is 4.98 Å². The summed E-state index contributed by atoms with van der Waals surface area (Å²) in [7, 11) is 0. The number of aryl methyl sites for hydroxylation is 1. The molecule has 0 spiro atoms. The van der Waals surface area contributed by atoms with Crippen molar-refractivity contribution in [3.63, 3.8) is 0 Å². The molecule has 2 heterocycles. The first-order valence-electron chi connectivity index (χ1n) is 3.36. The molecule has 2 aromatic heterocycles. The molecule has 0 aliphatic rings. The number of hydrogen-bond donors (Lipinski definition) is 1. The van der Waals surface area contributed by atoms with Crippen molar-refractivity contribution in [1.82, 2.24) is 9.97 Å². The van der Waals surface area contributed by atoms with Gasteiger partial charge in [-0.2, -0.15) is 0 Å². The molecule has 3 heteroatoms. The van der Waals surface area contributed by atoms with Crippen LogP contribution in [0.3, 0.4) is 0 Å². The SMILES string of the molecule is Cc1cc2c(I)c[nH]c2cn1. The van der Waals surface area contributed by atoms with Crippen LogP contribution in [0.2, 0.25) is 0 Å². The summed E-state index contributed by atoms with van der Waals surface area (Å²) >= 11 is 2.31. The maximum Gasteiger partial charge on any atom is 0.0651 e. The lowest BCUT2D eigenvalue weighted by Gasteiger charge is -1.91. The fourth-order valence-electron chi connectivity index (χ4n) is 1.09. The average molecular weight is 258 g/mol. The van der Waals surface area contributed by atoms with Gasteiger partial charge in [0.1, 0.15) is 0 Å². The molecule has 2 nitrogen and oxygen atoms in total. The highest BCUT2D eigenvalue weighted by molar-refractivity contribution is 14.1. The molecule has 0 aromatic carbocycles. The second kappa shape index (κ2) is 2.48. The van der Waals surface area contributed by atoms with Gasteiger partial charge in [0.2, 0.25) is 0 Å². The molecule has 2 rings (SSSR count). The average Bonchev–Trinajstić information content (AvgIpc) is 2.33. The van der Waals surface area contributed by atoms with Gasteiger partial charge >= 0.3 is 0 Å². The summed E-state index contributed by atoms with van der Waals surface area (Å²) < 4.78 is 1.25. The van der Waals surface area contributed by atoms with Crippen molar-refractivity contribution in [2.45, 2.75) is 6.92 Å². The zero-order chi connectivity index (χ0) is 7.84. The van der Waals surface area contributed by atoms with Crippen LogP contribution < -0.4 is 0 Å². The number of halogens is 1. The predicted octanol–water partition coefficient (Wildman–Crippen LogP) is 2.48. The molecule has 0 radical (unpaired) electrons. The van der Waals surface area contributed by atoms with Crippen LogP contribution in [0.5, 0.6) is 0 Å². The number of aromatic nitrogens is 2. The molecule has 0 saturated heterocycles. The highest BCUT2D eigenvalue weighted by Crippen LogP contribution is 2.19. The number of H-pyrrole nitrogens is 1. The molecule has 0 aliphatic heterocycles. The van der Waals surface area contributed by atoms with Gasteiger partial charge in [-0.15, -0.1) is 0 Å². The Bertz CT molecular complexity index is 392. The van der Waals surface area contributed by atoms with Crippen molar-refractivity contribution in [3.05, 3.63) is 27.7 Å². The van der Waals surface area contributed by atoms with Crippen LogP contribution in [-0.2, 0) is 0 Å². The van der Waals surface area contributed by atoms with Crippen LogP contribution in [0, 0.1) is 10.5 Å². The zero-order valence-electron chi connectivity index (χ0n) is 6.06. The van der Waals surface area contributed by atoms with E-state index in [1.54, 1.807) is 0 Å². The number of pyridine rings is 1. The van der Waals surface area contributed by atoms with E-state index < -0.39 is 0 Å². The van der Waals surface area contributed by atoms with E-state index >= 15 is 0 Å². The maximum absolute atomic E-state index is 4.19. The largest absolute Gasteiger partial charge is 0.359 e. The first kappa shape index (κ1) is 7.09. The standard InChI is InChI=1S/C8H7IN2/c1-5-2-6-7(9)3-11-8(6)4-10-5/h2-4,11H,1H3. The molecule has 0 fully saturated rings. The molecular formula is C8H7IN2. The lowest BCUT2D eigenvalue weighted by molar-refractivity contribution is 1.22. The number of hydrogen-bond acceptors (Lipinski definition) is 1. The highest BCUT2D eigenvalue weighted by atomic mass is 127. The van der Waals surface area contributed by atoms with Crippen molar-refractivity contribution < 1.29 is 0 Å². The molecule has 0 aliphatic carbocycles. The van der Waals surface area contributed by atoms with Gasteiger partial charge in [0.05, 0.1) is 11.7 Å². The van der Waals surface area contributed by atoms with E-state index in [0.717, 1.165) is 11.2 Å². The Morgan fingerprint density at radius 2 is 2.36 bits per heavy atom. The Kier molecular flexibility index (Phi) is 1.60. The van der Waals surface area contributed by atoms with Crippen molar-refractivity contribution in [3.8, 4) is 0 Å². The summed E-state index contributed by atoms with van der Waals surface area (Å²) in [6.07, 6.45) is 3.86. The van der Waals surface area contributed by atoms with Gasteiger partial charge in [-0.1, -0.05) is 0 Å². The third-order valence-corrected chi connectivity index (χ3v) is 2.54.